The predicted molar refractivity (Wildman–Crippen MR) is 79.7 cm³/mol. The maximum absolute atomic E-state index is 8.91. The largest absolute Gasteiger partial charge is 0.371 e. The van der Waals surface area contributed by atoms with Gasteiger partial charge in [-0.15, -0.1) is 0 Å². The smallest absolute Gasteiger partial charge is 0.101 e. The Balaban J connectivity index is 2.10. The van der Waals surface area contributed by atoms with Crippen LogP contribution in [0.5, 0.6) is 0 Å². The van der Waals surface area contributed by atoms with E-state index >= 15 is 0 Å². The molecule has 0 amide bonds. The van der Waals surface area contributed by atoms with Crippen LogP contribution in [-0.4, -0.2) is 38.1 Å². The minimum absolute atomic E-state index is 0.548. The van der Waals surface area contributed by atoms with Gasteiger partial charge in [-0.1, -0.05) is 11.6 Å². The highest BCUT2D eigenvalue weighted by atomic mass is 35.5. The van der Waals surface area contributed by atoms with Crippen molar-refractivity contribution >= 4 is 17.3 Å². The molecule has 1 aromatic carbocycles. The Bertz CT molecular complexity index is 479. The summed E-state index contributed by atoms with van der Waals surface area (Å²) in [6.07, 6.45) is 3.61. The molecule has 3 nitrogen and oxygen atoms in total. The van der Waals surface area contributed by atoms with Gasteiger partial charge in [0.2, 0.25) is 0 Å². The van der Waals surface area contributed by atoms with E-state index < -0.39 is 0 Å². The minimum atomic E-state index is 0.548. The van der Waals surface area contributed by atoms with Crippen LogP contribution in [0.25, 0.3) is 0 Å². The van der Waals surface area contributed by atoms with Crippen LogP contribution in [0.3, 0.4) is 0 Å². The highest BCUT2D eigenvalue weighted by molar-refractivity contribution is 6.32. The molecule has 0 aromatic heterocycles. The molecule has 102 valence electrons. The lowest BCUT2D eigenvalue weighted by atomic mass is 10.1. The van der Waals surface area contributed by atoms with Gasteiger partial charge < -0.3 is 9.80 Å². The fraction of sp³-hybridized carbons (Fsp3) is 0.533. The topological polar surface area (TPSA) is 30.3 Å². The summed E-state index contributed by atoms with van der Waals surface area (Å²) in [5.41, 5.74) is 1.68. The minimum Gasteiger partial charge on any atom is -0.371 e. The van der Waals surface area contributed by atoms with Gasteiger partial charge in [-0.3, -0.25) is 0 Å². The van der Waals surface area contributed by atoms with Gasteiger partial charge in [0.05, 0.1) is 10.6 Å². The Morgan fingerprint density at radius 3 is 2.74 bits per heavy atom. The van der Waals surface area contributed by atoms with Crippen LogP contribution in [0.2, 0.25) is 5.02 Å². The third kappa shape index (κ3) is 3.40. The lowest BCUT2D eigenvalue weighted by molar-refractivity contribution is 0.272. The monoisotopic (exact) mass is 277 g/mol. The molecule has 1 unspecified atom stereocenters. The quantitative estimate of drug-likeness (QED) is 0.832. The molecule has 0 N–H and O–H groups in total. The molecule has 0 saturated carbocycles. The summed E-state index contributed by atoms with van der Waals surface area (Å²) in [5.74, 6) is 0. The maximum Gasteiger partial charge on any atom is 0.101 e. The van der Waals surface area contributed by atoms with Crippen molar-refractivity contribution in [3.8, 4) is 6.07 Å². The summed E-state index contributed by atoms with van der Waals surface area (Å²) < 4.78 is 0. The van der Waals surface area contributed by atoms with Crippen LogP contribution in [0.1, 0.15) is 24.8 Å². The summed E-state index contributed by atoms with van der Waals surface area (Å²) >= 11 is 6.11. The lowest BCUT2D eigenvalue weighted by Crippen LogP contribution is -2.30. The second kappa shape index (κ2) is 6.27. The number of anilines is 1. The Labute approximate surface area is 120 Å². The second-order valence-corrected chi connectivity index (χ2v) is 5.72. The van der Waals surface area contributed by atoms with Crippen molar-refractivity contribution < 1.29 is 0 Å². The van der Waals surface area contributed by atoms with Crippen molar-refractivity contribution in [2.24, 2.45) is 0 Å². The molecule has 1 fully saturated rings. The first-order valence-corrected chi connectivity index (χ1v) is 7.10. The Kier molecular flexibility index (Phi) is 4.68. The standard InChI is InChI=1S/C15H20ClN3/c1-18(2)13-4-3-8-19(9-7-13)14-6-5-12(11-17)15(16)10-14/h5-6,10,13H,3-4,7-9H2,1-2H3. The first kappa shape index (κ1) is 14.2. The predicted octanol–water partition coefficient (Wildman–Crippen LogP) is 3.13. The first-order valence-electron chi connectivity index (χ1n) is 6.73. The van der Waals surface area contributed by atoms with Crippen LogP contribution in [0.15, 0.2) is 18.2 Å². The Morgan fingerprint density at radius 1 is 1.32 bits per heavy atom. The van der Waals surface area contributed by atoms with Crippen molar-refractivity contribution in [3.05, 3.63) is 28.8 Å². The highest BCUT2D eigenvalue weighted by Gasteiger charge is 2.19. The third-order valence-electron chi connectivity index (χ3n) is 3.87. The van der Waals surface area contributed by atoms with E-state index in [2.05, 4.69) is 30.0 Å². The molecule has 2 rings (SSSR count). The van der Waals surface area contributed by atoms with Gasteiger partial charge in [-0.05, 0) is 51.6 Å². The van der Waals surface area contributed by atoms with E-state index in [1.807, 2.05) is 18.2 Å². The SMILES string of the molecule is CN(C)C1CCCN(c2ccc(C#N)c(Cl)c2)CC1. The van der Waals surface area contributed by atoms with Crippen LogP contribution in [0, 0.1) is 11.3 Å². The molecule has 1 heterocycles. The molecule has 0 radical (unpaired) electrons. The van der Waals surface area contributed by atoms with Gasteiger partial charge in [0.15, 0.2) is 0 Å². The molecular weight excluding hydrogens is 258 g/mol. The van der Waals surface area contributed by atoms with Crippen LogP contribution < -0.4 is 4.90 Å². The fourth-order valence-electron chi connectivity index (χ4n) is 2.64. The Hall–Kier alpha value is -1.24. The van der Waals surface area contributed by atoms with Crippen molar-refractivity contribution in [1.29, 1.82) is 5.26 Å². The molecule has 1 aromatic rings. The Morgan fingerprint density at radius 2 is 2.11 bits per heavy atom. The van der Waals surface area contributed by atoms with E-state index in [1.54, 1.807) is 0 Å². The van der Waals surface area contributed by atoms with Crippen molar-refractivity contribution in [2.45, 2.75) is 25.3 Å². The van der Waals surface area contributed by atoms with Gasteiger partial charge in [0.25, 0.3) is 0 Å². The number of benzene rings is 1. The van der Waals surface area contributed by atoms with Crippen molar-refractivity contribution in [3.63, 3.8) is 0 Å². The second-order valence-electron chi connectivity index (χ2n) is 5.31. The molecule has 1 atom stereocenters. The number of rotatable bonds is 2. The van der Waals surface area contributed by atoms with Crippen LogP contribution in [-0.2, 0) is 0 Å². The maximum atomic E-state index is 8.91. The zero-order valence-corrected chi connectivity index (χ0v) is 12.3. The summed E-state index contributed by atoms with van der Waals surface area (Å²) in [7, 11) is 4.30. The number of hydrogen-bond donors (Lipinski definition) is 0. The van der Waals surface area contributed by atoms with Gasteiger partial charge in [0.1, 0.15) is 6.07 Å². The molecule has 1 saturated heterocycles. The number of nitrogens with zero attached hydrogens (tertiary/aromatic N) is 3. The fourth-order valence-corrected chi connectivity index (χ4v) is 2.86. The zero-order chi connectivity index (χ0) is 13.8. The van der Waals surface area contributed by atoms with E-state index in [0.29, 0.717) is 16.6 Å². The van der Waals surface area contributed by atoms with Crippen LogP contribution >= 0.6 is 11.6 Å². The van der Waals surface area contributed by atoms with Crippen molar-refractivity contribution in [1.82, 2.24) is 4.90 Å². The van der Waals surface area contributed by atoms with Gasteiger partial charge in [-0.25, -0.2) is 0 Å². The molecule has 0 aliphatic carbocycles. The molecule has 4 heteroatoms. The molecule has 0 spiro atoms. The first-order chi connectivity index (χ1) is 9.11. The van der Waals surface area contributed by atoms with E-state index in [4.69, 9.17) is 16.9 Å². The molecular formula is C15H20ClN3. The summed E-state index contributed by atoms with van der Waals surface area (Å²) in [6.45, 7) is 2.11. The van der Waals surface area contributed by atoms with Gasteiger partial charge in [0, 0.05) is 24.8 Å². The van der Waals surface area contributed by atoms with Gasteiger partial charge in [-0.2, -0.15) is 5.26 Å². The van der Waals surface area contributed by atoms with E-state index in [0.717, 1.165) is 18.8 Å². The molecule has 0 bridgehead atoms. The normalized spacial score (nSPS) is 20.2. The average molecular weight is 278 g/mol. The van der Waals surface area contributed by atoms with Crippen LogP contribution in [0.4, 0.5) is 5.69 Å². The van der Waals surface area contributed by atoms with Gasteiger partial charge >= 0.3 is 0 Å². The number of nitriles is 1. The summed E-state index contributed by atoms with van der Waals surface area (Å²) in [4.78, 5) is 4.69. The molecule has 1 aliphatic heterocycles. The number of halogens is 1. The molecule has 19 heavy (non-hydrogen) atoms. The summed E-state index contributed by atoms with van der Waals surface area (Å²) in [5, 5.41) is 9.46. The van der Waals surface area contributed by atoms with E-state index in [1.165, 1.54) is 19.3 Å². The van der Waals surface area contributed by atoms with E-state index in [-0.39, 0.29) is 0 Å². The number of hydrogen-bond acceptors (Lipinski definition) is 3. The summed E-state index contributed by atoms with van der Waals surface area (Å²) in [6, 6.07) is 8.49. The third-order valence-corrected chi connectivity index (χ3v) is 4.18. The highest BCUT2D eigenvalue weighted by Crippen LogP contribution is 2.26. The zero-order valence-electron chi connectivity index (χ0n) is 11.6. The van der Waals surface area contributed by atoms with E-state index in [9.17, 15) is 0 Å². The van der Waals surface area contributed by atoms with Crippen molar-refractivity contribution in [2.75, 3.05) is 32.1 Å². The lowest BCUT2D eigenvalue weighted by Gasteiger charge is -2.25. The molecule has 1 aliphatic rings. The average Bonchev–Trinajstić information content (AvgIpc) is 2.64.